The van der Waals surface area contributed by atoms with Crippen molar-refractivity contribution in [1.29, 1.82) is 5.26 Å². The number of rotatable bonds is 7. The van der Waals surface area contributed by atoms with Crippen molar-refractivity contribution in [2.45, 2.75) is 63.1 Å². The minimum Gasteiger partial charge on any atom is -0.384 e. The second kappa shape index (κ2) is 11.9. The molecular weight excluding hydrogens is 553 g/mol. The number of thioether (sulfide) groups is 1. The van der Waals surface area contributed by atoms with Crippen molar-refractivity contribution in [3.05, 3.63) is 87.4 Å². The van der Waals surface area contributed by atoms with Gasteiger partial charge in [0, 0.05) is 23.4 Å². The molecule has 1 aliphatic heterocycles. The largest absolute Gasteiger partial charge is 0.384 e. The highest BCUT2D eigenvalue weighted by atomic mass is 32.2. The van der Waals surface area contributed by atoms with Crippen molar-refractivity contribution < 1.29 is 9.59 Å². The lowest BCUT2D eigenvalue weighted by Crippen LogP contribution is -2.38. The first-order valence-corrected chi connectivity index (χ1v) is 15.4. The molecular formula is C31H32N6O2S2. The first-order chi connectivity index (χ1) is 19.7. The van der Waals surface area contributed by atoms with E-state index >= 15 is 0 Å². The zero-order valence-electron chi connectivity index (χ0n) is 23.5. The molecule has 41 heavy (non-hydrogen) atoms. The van der Waals surface area contributed by atoms with Crippen molar-refractivity contribution in [2.75, 3.05) is 16.0 Å². The second-order valence-corrected chi connectivity index (χ2v) is 12.8. The lowest BCUT2D eigenvalue weighted by molar-refractivity contribution is -0.116. The smallest absolute Gasteiger partial charge is 0.234 e. The first-order valence-electron chi connectivity index (χ1n) is 13.6. The Kier molecular flexibility index (Phi) is 8.29. The number of ketones is 1. The third kappa shape index (κ3) is 5.65. The van der Waals surface area contributed by atoms with Gasteiger partial charge >= 0.3 is 0 Å². The molecule has 2 aliphatic rings. The third-order valence-electron chi connectivity index (χ3n) is 7.51. The fourth-order valence-corrected chi connectivity index (χ4v) is 7.06. The third-order valence-corrected chi connectivity index (χ3v) is 9.55. The standard InChI is InChI=1S/C31H32N6O2S2/c1-17(2)20-11-13-21(14-12-20)26-22(15-32)29(33)37(23-9-6-10-24(38)27(23)26)30-35-36-31(41-30)40-16-25(39)34-28-18(3)7-5-8-19(28)4/h5,7-8,11-14,17,26H,6,9-10,16,33H2,1-4H3,(H,34,39). The van der Waals surface area contributed by atoms with Gasteiger partial charge in [-0.3, -0.25) is 14.5 Å². The Labute approximate surface area is 248 Å². The Morgan fingerprint density at radius 2 is 1.88 bits per heavy atom. The summed E-state index contributed by atoms with van der Waals surface area (Å²) in [7, 11) is 0. The van der Waals surface area contributed by atoms with E-state index in [0.29, 0.717) is 45.8 Å². The number of nitrogens with one attached hydrogen (secondary N) is 1. The van der Waals surface area contributed by atoms with E-state index in [1.807, 2.05) is 44.2 Å². The van der Waals surface area contributed by atoms with E-state index in [-0.39, 0.29) is 23.3 Å². The Bertz CT molecular complexity index is 1590. The van der Waals surface area contributed by atoms with Crippen LogP contribution < -0.4 is 16.0 Å². The number of aryl methyl sites for hydroxylation is 2. The number of hydrogen-bond donors (Lipinski definition) is 2. The van der Waals surface area contributed by atoms with Gasteiger partial charge in [-0.1, -0.05) is 79.4 Å². The van der Waals surface area contributed by atoms with Crippen molar-refractivity contribution in [1.82, 2.24) is 10.2 Å². The molecule has 2 aromatic carbocycles. The molecule has 0 bridgehead atoms. The summed E-state index contributed by atoms with van der Waals surface area (Å²) in [6, 6.07) is 16.3. The molecule has 8 nitrogen and oxygen atoms in total. The van der Waals surface area contributed by atoms with Crippen LogP contribution in [0.3, 0.4) is 0 Å². The highest BCUT2D eigenvalue weighted by Crippen LogP contribution is 2.47. The number of para-hydroxylation sites is 1. The van der Waals surface area contributed by atoms with Crippen LogP contribution in [0, 0.1) is 25.2 Å². The highest BCUT2D eigenvalue weighted by Gasteiger charge is 2.41. The number of carbonyl (C=O) groups excluding carboxylic acids is 2. The fourth-order valence-electron chi connectivity index (χ4n) is 5.38. The van der Waals surface area contributed by atoms with E-state index in [9.17, 15) is 14.9 Å². The molecule has 210 valence electrons. The van der Waals surface area contributed by atoms with Crippen LogP contribution in [0.2, 0.25) is 0 Å². The van der Waals surface area contributed by atoms with E-state index < -0.39 is 5.92 Å². The number of nitrogens with two attached hydrogens (primary N) is 1. The molecule has 0 radical (unpaired) electrons. The number of anilines is 2. The normalized spacial score (nSPS) is 17.1. The molecule has 3 N–H and O–H groups in total. The minimum atomic E-state index is -0.518. The van der Waals surface area contributed by atoms with Crippen molar-refractivity contribution in [2.24, 2.45) is 5.73 Å². The molecule has 1 aromatic heterocycles. The van der Waals surface area contributed by atoms with Crippen LogP contribution in [0.4, 0.5) is 10.8 Å². The Balaban J connectivity index is 1.42. The number of aromatic nitrogens is 2. The molecule has 1 aliphatic carbocycles. The summed E-state index contributed by atoms with van der Waals surface area (Å²) >= 11 is 2.57. The van der Waals surface area contributed by atoms with Crippen molar-refractivity contribution in [3.63, 3.8) is 0 Å². The molecule has 1 amide bonds. The number of benzene rings is 2. The van der Waals surface area contributed by atoms with Crippen LogP contribution in [0.1, 0.15) is 67.2 Å². The van der Waals surface area contributed by atoms with Gasteiger partial charge in [0.05, 0.1) is 23.3 Å². The van der Waals surface area contributed by atoms with Gasteiger partial charge in [0.15, 0.2) is 10.1 Å². The number of amides is 1. The summed E-state index contributed by atoms with van der Waals surface area (Å²) in [4.78, 5) is 27.8. The maximum atomic E-state index is 13.4. The van der Waals surface area contributed by atoms with Crippen LogP contribution in [0.15, 0.2) is 69.5 Å². The number of hydrogen-bond acceptors (Lipinski definition) is 9. The number of nitrogens with zero attached hydrogens (tertiary/aromatic N) is 4. The van der Waals surface area contributed by atoms with Crippen molar-refractivity contribution >= 4 is 45.6 Å². The fraction of sp³-hybridized carbons (Fsp3) is 0.323. The molecule has 2 heterocycles. The summed E-state index contributed by atoms with van der Waals surface area (Å²) < 4.78 is 0.596. The summed E-state index contributed by atoms with van der Waals surface area (Å²) in [5.74, 6) is 0.169. The minimum absolute atomic E-state index is 0.0247. The molecule has 5 rings (SSSR count). The van der Waals surface area contributed by atoms with Gasteiger partial charge in [-0.25, -0.2) is 0 Å². The zero-order chi connectivity index (χ0) is 29.3. The lowest BCUT2D eigenvalue weighted by Gasteiger charge is -2.38. The lowest BCUT2D eigenvalue weighted by atomic mass is 9.75. The van der Waals surface area contributed by atoms with Crippen LogP contribution in [-0.4, -0.2) is 27.6 Å². The van der Waals surface area contributed by atoms with Gasteiger partial charge in [-0.15, -0.1) is 10.2 Å². The van der Waals surface area contributed by atoms with Crippen LogP contribution in [0.5, 0.6) is 0 Å². The van der Waals surface area contributed by atoms with Crippen LogP contribution >= 0.6 is 23.1 Å². The summed E-state index contributed by atoms with van der Waals surface area (Å²) in [5.41, 5.74) is 13.3. The predicted octanol–water partition coefficient (Wildman–Crippen LogP) is 6.31. The molecule has 0 spiro atoms. The quantitative estimate of drug-likeness (QED) is 0.309. The summed E-state index contributed by atoms with van der Waals surface area (Å²) in [6.07, 6.45) is 1.76. The van der Waals surface area contributed by atoms with Gasteiger partial charge in [-0.2, -0.15) is 5.26 Å². The second-order valence-electron chi connectivity index (χ2n) is 10.6. The van der Waals surface area contributed by atoms with E-state index in [1.165, 1.54) is 28.7 Å². The molecule has 0 saturated heterocycles. The number of nitriles is 1. The maximum absolute atomic E-state index is 13.4. The van der Waals surface area contributed by atoms with Gasteiger partial charge in [0.25, 0.3) is 0 Å². The first kappa shape index (κ1) is 28.6. The number of Topliss-reactive ketones (excluding diaryl/α,β-unsaturated/α-hetero) is 1. The van der Waals surface area contributed by atoms with Gasteiger partial charge < -0.3 is 11.1 Å². The Morgan fingerprint density at radius 1 is 1.17 bits per heavy atom. The average Bonchev–Trinajstić information content (AvgIpc) is 3.42. The zero-order valence-corrected chi connectivity index (χ0v) is 25.2. The predicted molar refractivity (Wildman–Crippen MR) is 164 cm³/mol. The van der Waals surface area contributed by atoms with Crippen LogP contribution in [0.25, 0.3) is 0 Å². The number of allylic oxidation sites excluding steroid dienone is 3. The molecule has 1 unspecified atom stereocenters. The monoisotopic (exact) mass is 584 g/mol. The molecule has 10 heteroatoms. The van der Waals surface area contributed by atoms with E-state index in [1.54, 1.807) is 4.90 Å². The summed E-state index contributed by atoms with van der Waals surface area (Å²) in [6.45, 7) is 8.18. The van der Waals surface area contributed by atoms with Gasteiger partial charge in [-0.05, 0) is 54.9 Å². The Hall–Kier alpha value is -3.94. The van der Waals surface area contributed by atoms with Crippen molar-refractivity contribution in [3.8, 4) is 6.07 Å². The highest BCUT2D eigenvalue weighted by molar-refractivity contribution is 8.01. The molecule has 3 aromatic rings. The van der Waals surface area contributed by atoms with Gasteiger partial charge in [0.2, 0.25) is 11.0 Å². The van der Waals surface area contributed by atoms with E-state index in [0.717, 1.165) is 28.1 Å². The van der Waals surface area contributed by atoms with E-state index in [4.69, 9.17) is 5.73 Å². The average molecular weight is 585 g/mol. The Morgan fingerprint density at radius 3 is 2.54 bits per heavy atom. The molecule has 0 saturated carbocycles. The number of carbonyl (C=O) groups is 2. The maximum Gasteiger partial charge on any atom is 0.234 e. The SMILES string of the molecule is Cc1cccc(C)c1NC(=O)CSc1nnc(N2C(N)=C(C#N)C(c3ccc(C(C)C)cc3)C3=C2CCCC3=O)s1. The van der Waals surface area contributed by atoms with E-state index in [2.05, 4.69) is 47.6 Å². The molecule has 0 fully saturated rings. The summed E-state index contributed by atoms with van der Waals surface area (Å²) in [5, 5.41) is 22.4. The molecule has 1 atom stereocenters. The topological polar surface area (TPSA) is 125 Å². The van der Waals surface area contributed by atoms with Gasteiger partial charge in [0.1, 0.15) is 5.82 Å². The van der Waals surface area contributed by atoms with Crippen LogP contribution in [-0.2, 0) is 9.59 Å².